The number of guanidine groups is 1. The summed E-state index contributed by atoms with van der Waals surface area (Å²) in [5, 5.41) is 10.6. The normalized spacial score (nSPS) is 11.7. The molecule has 21 heavy (non-hydrogen) atoms. The molecule has 7 nitrogen and oxygen atoms in total. The first kappa shape index (κ1) is 14.8. The summed E-state index contributed by atoms with van der Waals surface area (Å²) in [5.74, 6) is 1.17. The molecule has 0 aliphatic rings. The number of rotatable bonds is 5. The second kappa shape index (κ2) is 6.74. The first-order valence-corrected chi connectivity index (χ1v) is 6.72. The SMILES string of the molecule is CC(C)Oc1ccc(NC(N)=NCc2cnnn2C)cc1. The Kier molecular flexibility index (Phi) is 4.76. The Balaban J connectivity index is 1.93. The highest BCUT2D eigenvalue weighted by Gasteiger charge is 2.01. The standard InChI is InChI=1S/C14H20N6O/c1-10(2)21-13-6-4-11(5-7-13)18-14(15)16-8-12-9-17-19-20(12)3/h4-7,9-10H,8H2,1-3H3,(H3,15,16,18). The minimum atomic E-state index is 0.156. The first-order valence-electron chi connectivity index (χ1n) is 6.72. The maximum absolute atomic E-state index is 5.85. The van der Waals surface area contributed by atoms with Gasteiger partial charge in [-0.25, -0.2) is 4.99 Å². The van der Waals surface area contributed by atoms with Crippen molar-refractivity contribution in [3.8, 4) is 5.75 Å². The minimum Gasteiger partial charge on any atom is -0.491 e. The van der Waals surface area contributed by atoms with Gasteiger partial charge in [-0.2, -0.15) is 0 Å². The number of nitrogens with one attached hydrogen (secondary N) is 1. The molecule has 1 aromatic carbocycles. The number of aliphatic imine (C=N–C) groups is 1. The number of aryl methyl sites for hydroxylation is 1. The smallest absolute Gasteiger partial charge is 0.193 e. The van der Waals surface area contributed by atoms with Crippen LogP contribution in [0.2, 0.25) is 0 Å². The molecule has 1 heterocycles. The molecule has 0 fully saturated rings. The van der Waals surface area contributed by atoms with Crippen LogP contribution in [0.1, 0.15) is 19.5 Å². The van der Waals surface area contributed by atoms with E-state index in [1.807, 2.05) is 45.2 Å². The number of ether oxygens (including phenoxy) is 1. The van der Waals surface area contributed by atoms with E-state index in [9.17, 15) is 0 Å². The summed E-state index contributed by atoms with van der Waals surface area (Å²) in [6.07, 6.45) is 1.82. The zero-order chi connectivity index (χ0) is 15.2. The van der Waals surface area contributed by atoms with Gasteiger partial charge < -0.3 is 15.8 Å². The zero-order valence-corrected chi connectivity index (χ0v) is 12.4. The summed E-state index contributed by atoms with van der Waals surface area (Å²) in [6.45, 7) is 4.41. The molecule has 0 saturated heterocycles. The summed E-state index contributed by atoms with van der Waals surface area (Å²) >= 11 is 0. The molecule has 3 N–H and O–H groups in total. The van der Waals surface area contributed by atoms with Crippen molar-refractivity contribution >= 4 is 11.6 Å². The predicted molar refractivity (Wildman–Crippen MR) is 82.2 cm³/mol. The van der Waals surface area contributed by atoms with Crippen molar-refractivity contribution in [3.63, 3.8) is 0 Å². The third kappa shape index (κ3) is 4.48. The van der Waals surface area contributed by atoms with E-state index < -0.39 is 0 Å². The van der Waals surface area contributed by atoms with Crippen LogP contribution in [-0.2, 0) is 13.6 Å². The lowest BCUT2D eigenvalue weighted by Crippen LogP contribution is -2.22. The van der Waals surface area contributed by atoms with Crippen molar-refractivity contribution in [3.05, 3.63) is 36.2 Å². The number of hydrogen-bond donors (Lipinski definition) is 2. The highest BCUT2D eigenvalue weighted by atomic mass is 16.5. The van der Waals surface area contributed by atoms with Crippen molar-refractivity contribution < 1.29 is 4.74 Å². The van der Waals surface area contributed by atoms with Gasteiger partial charge in [-0.05, 0) is 38.1 Å². The Morgan fingerprint density at radius 3 is 2.67 bits per heavy atom. The van der Waals surface area contributed by atoms with Crippen molar-refractivity contribution in [2.75, 3.05) is 5.32 Å². The molecule has 0 unspecified atom stereocenters. The summed E-state index contributed by atoms with van der Waals surface area (Å²) in [5.41, 5.74) is 7.59. The van der Waals surface area contributed by atoms with Crippen molar-refractivity contribution in [1.82, 2.24) is 15.0 Å². The average molecular weight is 288 g/mol. The van der Waals surface area contributed by atoms with Crippen LogP contribution in [-0.4, -0.2) is 27.1 Å². The van der Waals surface area contributed by atoms with E-state index in [2.05, 4.69) is 20.6 Å². The number of benzene rings is 1. The van der Waals surface area contributed by atoms with Crippen molar-refractivity contribution in [1.29, 1.82) is 0 Å². The first-order chi connectivity index (χ1) is 10.0. The molecule has 0 aliphatic carbocycles. The molecule has 0 radical (unpaired) electrons. The Morgan fingerprint density at radius 2 is 2.10 bits per heavy atom. The van der Waals surface area contributed by atoms with E-state index in [4.69, 9.17) is 10.5 Å². The molecule has 0 bridgehead atoms. The minimum absolute atomic E-state index is 0.156. The number of hydrogen-bond acceptors (Lipinski definition) is 4. The fourth-order valence-corrected chi connectivity index (χ4v) is 1.70. The molecule has 2 rings (SSSR count). The van der Waals surface area contributed by atoms with Gasteiger partial charge in [-0.3, -0.25) is 4.68 Å². The van der Waals surface area contributed by atoms with Crippen LogP contribution < -0.4 is 15.8 Å². The van der Waals surface area contributed by atoms with Gasteiger partial charge in [0.15, 0.2) is 5.96 Å². The molecular weight excluding hydrogens is 268 g/mol. The van der Waals surface area contributed by atoms with Gasteiger partial charge in [0, 0.05) is 12.7 Å². The van der Waals surface area contributed by atoms with Crippen LogP contribution in [0.5, 0.6) is 5.75 Å². The van der Waals surface area contributed by atoms with E-state index in [-0.39, 0.29) is 6.10 Å². The average Bonchev–Trinajstić information content (AvgIpc) is 2.84. The molecule has 0 atom stereocenters. The van der Waals surface area contributed by atoms with Crippen LogP contribution in [0.15, 0.2) is 35.5 Å². The molecule has 0 amide bonds. The van der Waals surface area contributed by atoms with Gasteiger partial charge in [0.05, 0.1) is 24.5 Å². The Bertz CT molecular complexity index is 602. The predicted octanol–water partition coefficient (Wildman–Crippen LogP) is 1.53. The largest absolute Gasteiger partial charge is 0.491 e. The second-order valence-corrected chi connectivity index (χ2v) is 4.87. The second-order valence-electron chi connectivity index (χ2n) is 4.87. The molecule has 7 heteroatoms. The van der Waals surface area contributed by atoms with E-state index in [1.165, 1.54) is 0 Å². The summed E-state index contributed by atoms with van der Waals surface area (Å²) in [4.78, 5) is 4.24. The van der Waals surface area contributed by atoms with Gasteiger partial charge in [0.1, 0.15) is 5.75 Å². The molecule has 0 spiro atoms. The maximum Gasteiger partial charge on any atom is 0.193 e. The summed E-state index contributed by atoms with van der Waals surface area (Å²) in [6, 6.07) is 7.57. The fourth-order valence-electron chi connectivity index (χ4n) is 1.70. The third-order valence-electron chi connectivity index (χ3n) is 2.72. The van der Waals surface area contributed by atoms with Gasteiger partial charge in [-0.1, -0.05) is 5.21 Å². The monoisotopic (exact) mass is 288 g/mol. The number of anilines is 1. The molecule has 1 aromatic heterocycles. The van der Waals surface area contributed by atoms with Crippen LogP contribution >= 0.6 is 0 Å². The maximum atomic E-state index is 5.85. The number of aromatic nitrogens is 3. The Morgan fingerprint density at radius 1 is 1.38 bits per heavy atom. The van der Waals surface area contributed by atoms with Gasteiger partial charge in [0.25, 0.3) is 0 Å². The van der Waals surface area contributed by atoms with Crippen LogP contribution in [0.3, 0.4) is 0 Å². The molecule has 0 aliphatic heterocycles. The van der Waals surface area contributed by atoms with Gasteiger partial charge in [-0.15, -0.1) is 5.10 Å². The van der Waals surface area contributed by atoms with E-state index >= 15 is 0 Å². The summed E-state index contributed by atoms with van der Waals surface area (Å²) in [7, 11) is 1.81. The van der Waals surface area contributed by atoms with Crippen LogP contribution in [0.4, 0.5) is 5.69 Å². The molecule has 0 saturated carbocycles. The highest BCUT2D eigenvalue weighted by Crippen LogP contribution is 2.16. The molecular formula is C14H20N6O. The van der Waals surface area contributed by atoms with Crippen LogP contribution in [0.25, 0.3) is 0 Å². The van der Waals surface area contributed by atoms with Crippen molar-refractivity contribution in [2.24, 2.45) is 17.8 Å². The summed E-state index contributed by atoms with van der Waals surface area (Å²) < 4.78 is 7.24. The quantitative estimate of drug-likeness (QED) is 0.643. The lowest BCUT2D eigenvalue weighted by Gasteiger charge is -2.10. The molecule has 2 aromatic rings. The zero-order valence-electron chi connectivity index (χ0n) is 12.4. The topological polar surface area (TPSA) is 90.3 Å². The fraction of sp³-hybridized carbons (Fsp3) is 0.357. The number of nitrogens with two attached hydrogens (primary N) is 1. The van der Waals surface area contributed by atoms with Gasteiger partial charge >= 0.3 is 0 Å². The molecule has 112 valence electrons. The lowest BCUT2D eigenvalue weighted by molar-refractivity contribution is 0.242. The Hall–Kier alpha value is -2.57. The van der Waals surface area contributed by atoms with E-state index in [0.717, 1.165) is 17.1 Å². The van der Waals surface area contributed by atoms with E-state index in [0.29, 0.717) is 12.5 Å². The third-order valence-corrected chi connectivity index (χ3v) is 2.72. The van der Waals surface area contributed by atoms with Crippen molar-refractivity contribution in [2.45, 2.75) is 26.5 Å². The van der Waals surface area contributed by atoms with Crippen LogP contribution in [0, 0.1) is 0 Å². The highest BCUT2D eigenvalue weighted by molar-refractivity contribution is 5.92. The van der Waals surface area contributed by atoms with Gasteiger partial charge in [0.2, 0.25) is 0 Å². The lowest BCUT2D eigenvalue weighted by atomic mass is 10.3. The Labute approximate surface area is 123 Å². The van der Waals surface area contributed by atoms with E-state index in [1.54, 1.807) is 10.9 Å². The number of nitrogens with zero attached hydrogens (tertiary/aromatic N) is 4.